The lowest BCUT2D eigenvalue weighted by atomic mass is 10.1. The number of aryl methyl sites for hydroxylation is 2. The third-order valence-corrected chi connectivity index (χ3v) is 3.28. The van der Waals surface area contributed by atoms with Crippen LogP contribution in [-0.2, 0) is 13.2 Å². The molecule has 2 aromatic carbocycles. The fourth-order valence-corrected chi connectivity index (χ4v) is 2.33. The molecule has 0 unspecified atom stereocenters. The Labute approximate surface area is 135 Å². The Morgan fingerprint density at radius 1 is 0.957 bits per heavy atom. The van der Waals surface area contributed by atoms with Crippen molar-refractivity contribution in [3.8, 4) is 5.75 Å². The molecular weight excluding hydrogens is 290 g/mol. The monoisotopic (exact) mass is 309 g/mol. The Morgan fingerprint density at radius 2 is 1.65 bits per heavy atom. The summed E-state index contributed by atoms with van der Waals surface area (Å²) in [5.41, 5.74) is 3.48. The van der Waals surface area contributed by atoms with Crippen LogP contribution in [0.15, 0.2) is 52.9 Å². The Hall–Kier alpha value is -2.82. The molecule has 3 rings (SSSR count). The molecule has 5 nitrogen and oxygen atoms in total. The zero-order valence-corrected chi connectivity index (χ0v) is 13.2. The Balaban J connectivity index is 1.55. The molecule has 5 heteroatoms. The Bertz CT molecular complexity index is 749. The van der Waals surface area contributed by atoms with Gasteiger partial charge in [-0.3, -0.25) is 0 Å². The molecule has 0 atom stereocenters. The van der Waals surface area contributed by atoms with E-state index in [1.807, 2.05) is 30.3 Å². The average molecular weight is 309 g/mol. The highest BCUT2D eigenvalue weighted by Gasteiger charge is 2.07. The molecule has 0 saturated carbocycles. The summed E-state index contributed by atoms with van der Waals surface area (Å²) in [7, 11) is 0. The molecule has 0 bridgehead atoms. The molecule has 1 aromatic heterocycles. The first kappa shape index (κ1) is 15.1. The van der Waals surface area contributed by atoms with Gasteiger partial charge in [0, 0.05) is 5.69 Å². The van der Waals surface area contributed by atoms with E-state index in [0.717, 1.165) is 11.4 Å². The molecule has 3 aromatic rings. The van der Waals surface area contributed by atoms with E-state index in [2.05, 4.69) is 47.6 Å². The minimum absolute atomic E-state index is 0.264. The molecule has 23 heavy (non-hydrogen) atoms. The highest BCUT2D eigenvalue weighted by molar-refractivity contribution is 5.48. The zero-order chi connectivity index (χ0) is 16.1. The Kier molecular flexibility index (Phi) is 4.57. The summed E-state index contributed by atoms with van der Waals surface area (Å²) in [6, 6.07) is 15.9. The zero-order valence-electron chi connectivity index (χ0n) is 13.2. The molecule has 1 heterocycles. The number of benzene rings is 2. The number of rotatable bonds is 6. The van der Waals surface area contributed by atoms with Crippen molar-refractivity contribution in [3.05, 3.63) is 71.4 Å². The molecular formula is C18H19N3O2. The second kappa shape index (κ2) is 6.96. The molecule has 1 N–H and O–H groups in total. The smallest absolute Gasteiger partial charge is 0.253 e. The molecule has 0 amide bonds. The normalized spacial score (nSPS) is 10.5. The van der Waals surface area contributed by atoms with E-state index in [1.54, 1.807) is 0 Å². The van der Waals surface area contributed by atoms with E-state index in [4.69, 9.17) is 9.15 Å². The number of aromatic nitrogens is 2. The standard InChI is InChI=1S/C18H19N3O2/c1-13-8-14(2)10-15(9-13)19-11-17-20-21-18(23-17)12-22-16-6-4-3-5-7-16/h3-10,19H,11-12H2,1-2H3. The summed E-state index contributed by atoms with van der Waals surface area (Å²) in [5.74, 6) is 1.78. The van der Waals surface area contributed by atoms with Crippen LogP contribution in [0.25, 0.3) is 0 Å². The second-order valence-corrected chi connectivity index (χ2v) is 5.42. The highest BCUT2D eigenvalue weighted by atomic mass is 16.5. The van der Waals surface area contributed by atoms with Crippen molar-refractivity contribution in [2.24, 2.45) is 0 Å². The van der Waals surface area contributed by atoms with Gasteiger partial charge in [-0.1, -0.05) is 24.3 Å². The minimum atomic E-state index is 0.264. The highest BCUT2D eigenvalue weighted by Crippen LogP contribution is 2.15. The summed E-state index contributed by atoms with van der Waals surface area (Å²) < 4.78 is 11.2. The largest absolute Gasteiger partial charge is 0.484 e. The molecule has 0 fully saturated rings. The summed E-state index contributed by atoms with van der Waals surface area (Å²) in [6.07, 6.45) is 0. The summed E-state index contributed by atoms with van der Waals surface area (Å²) in [5, 5.41) is 11.3. The van der Waals surface area contributed by atoms with Gasteiger partial charge in [0.1, 0.15) is 5.75 Å². The topological polar surface area (TPSA) is 60.2 Å². The number of para-hydroxylation sites is 1. The molecule has 118 valence electrons. The molecule has 0 aliphatic rings. The van der Waals surface area contributed by atoms with Crippen LogP contribution in [0.5, 0.6) is 5.75 Å². The average Bonchev–Trinajstić information content (AvgIpc) is 2.99. The van der Waals surface area contributed by atoms with E-state index < -0.39 is 0 Å². The molecule has 0 aliphatic heterocycles. The predicted octanol–water partition coefficient (Wildman–Crippen LogP) is 3.88. The van der Waals surface area contributed by atoms with Crippen molar-refractivity contribution in [2.45, 2.75) is 27.0 Å². The van der Waals surface area contributed by atoms with Crippen molar-refractivity contribution in [1.29, 1.82) is 0 Å². The fraction of sp³-hybridized carbons (Fsp3) is 0.222. The lowest BCUT2D eigenvalue weighted by Crippen LogP contribution is -2.00. The van der Waals surface area contributed by atoms with E-state index in [-0.39, 0.29) is 6.61 Å². The van der Waals surface area contributed by atoms with E-state index in [9.17, 15) is 0 Å². The van der Waals surface area contributed by atoms with Crippen LogP contribution < -0.4 is 10.1 Å². The van der Waals surface area contributed by atoms with Crippen molar-refractivity contribution in [3.63, 3.8) is 0 Å². The summed E-state index contributed by atoms with van der Waals surface area (Å²) >= 11 is 0. The van der Waals surface area contributed by atoms with Gasteiger partial charge in [0.25, 0.3) is 5.89 Å². The molecule has 0 spiro atoms. The van der Waals surface area contributed by atoms with Crippen molar-refractivity contribution in [1.82, 2.24) is 10.2 Å². The van der Waals surface area contributed by atoms with Gasteiger partial charge in [0.05, 0.1) is 6.54 Å². The lowest BCUT2D eigenvalue weighted by Gasteiger charge is -2.06. The second-order valence-electron chi connectivity index (χ2n) is 5.42. The van der Waals surface area contributed by atoms with Gasteiger partial charge in [-0.25, -0.2) is 0 Å². The van der Waals surface area contributed by atoms with E-state index >= 15 is 0 Å². The quantitative estimate of drug-likeness (QED) is 0.749. The summed E-state index contributed by atoms with van der Waals surface area (Å²) in [6.45, 7) is 4.90. The van der Waals surface area contributed by atoms with Gasteiger partial charge in [-0.2, -0.15) is 0 Å². The van der Waals surface area contributed by atoms with Crippen LogP contribution in [0, 0.1) is 13.8 Å². The number of nitrogens with zero attached hydrogens (tertiary/aromatic N) is 2. The van der Waals surface area contributed by atoms with Crippen molar-refractivity contribution < 1.29 is 9.15 Å². The maximum atomic E-state index is 5.58. The van der Waals surface area contributed by atoms with Crippen LogP contribution in [0.2, 0.25) is 0 Å². The SMILES string of the molecule is Cc1cc(C)cc(NCc2nnc(COc3ccccc3)o2)c1. The maximum absolute atomic E-state index is 5.58. The van der Waals surface area contributed by atoms with Crippen LogP contribution in [0.4, 0.5) is 5.69 Å². The van der Waals surface area contributed by atoms with Crippen LogP contribution in [-0.4, -0.2) is 10.2 Å². The van der Waals surface area contributed by atoms with Crippen molar-refractivity contribution >= 4 is 5.69 Å². The fourth-order valence-electron chi connectivity index (χ4n) is 2.33. The number of nitrogens with one attached hydrogen (secondary N) is 1. The first-order valence-electron chi connectivity index (χ1n) is 7.50. The third kappa shape index (κ3) is 4.32. The predicted molar refractivity (Wildman–Crippen MR) is 88.3 cm³/mol. The number of hydrogen-bond acceptors (Lipinski definition) is 5. The van der Waals surface area contributed by atoms with Gasteiger partial charge in [0.15, 0.2) is 6.61 Å². The van der Waals surface area contributed by atoms with Crippen molar-refractivity contribution in [2.75, 3.05) is 5.32 Å². The first-order chi connectivity index (χ1) is 11.2. The van der Waals surface area contributed by atoms with Crippen LogP contribution >= 0.6 is 0 Å². The maximum Gasteiger partial charge on any atom is 0.253 e. The van der Waals surface area contributed by atoms with Gasteiger partial charge >= 0.3 is 0 Å². The number of ether oxygens (including phenoxy) is 1. The molecule has 0 radical (unpaired) electrons. The van der Waals surface area contributed by atoms with E-state index in [0.29, 0.717) is 18.3 Å². The van der Waals surface area contributed by atoms with Gasteiger partial charge in [0.2, 0.25) is 5.89 Å². The number of hydrogen-bond donors (Lipinski definition) is 1. The molecule has 0 aliphatic carbocycles. The minimum Gasteiger partial charge on any atom is -0.484 e. The summed E-state index contributed by atoms with van der Waals surface area (Å²) in [4.78, 5) is 0. The lowest BCUT2D eigenvalue weighted by molar-refractivity contribution is 0.259. The van der Waals surface area contributed by atoms with Gasteiger partial charge < -0.3 is 14.5 Å². The van der Waals surface area contributed by atoms with Crippen LogP contribution in [0.1, 0.15) is 22.9 Å². The number of anilines is 1. The first-order valence-corrected chi connectivity index (χ1v) is 7.50. The van der Waals surface area contributed by atoms with Gasteiger partial charge in [-0.05, 0) is 49.2 Å². The third-order valence-electron chi connectivity index (χ3n) is 3.28. The molecule has 0 saturated heterocycles. The van der Waals surface area contributed by atoms with Gasteiger partial charge in [-0.15, -0.1) is 10.2 Å². The Morgan fingerprint density at radius 3 is 2.39 bits per heavy atom. The van der Waals surface area contributed by atoms with E-state index in [1.165, 1.54) is 11.1 Å². The van der Waals surface area contributed by atoms with Crippen LogP contribution in [0.3, 0.4) is 0 Å².